The highest BCUT2D eigenvalue weighted by Crippen LogP contribution is 2.17. The minimum Gasteiger partial charge on any atom is -0.481 e. The number of nitrogens with zero attached hydrogens (tertiary/aromatic N) is 1. The largest absolute Gasteiger partial charge is 0.481 e. The van der Waals surface area contributed by atoms with Gasteiger partial charge in [0.05, 0.1) is 12.3 Å². The van der Waals surface area contributed by atoms with Gasteiger partial charge in [-0.25, -0.2) is 0 Å². The monoisotopic (exact) mass is 313 g/mol. The van der Waals surface area contributed by atoms with E-state index >= 15 is 0 Å². The number of carboxylic acid groups (broad SMARTS) is 1. The van der Waals surface area contributed by atoms with Gasteiger partial charge in [-0.15, -0.1) is 0 Å². The van der Waals surface area contributed by atoms with Crippen LogP contribution in [-0.2, 0) is 16.0 Å². The normalized spacial score (nSPS) is 11.9. The zero-order chi connectivity index (χ0) is 13.7. The molecule has 0 saturated heterocycles. The molecule has 1 unspecified atom stereocenters. The van der Waals surface area contributed by atoms with E-state index in [-0.39, 0.29) is 18.9 Å². The Bertz CT molecular complexity index is 448. The van der Waals surface area contributed by atoms with Crippen LogP contribution in [0.1, 0.15) is 12.5 Å². The maximum Gasteiger partial charge on any atom is 0.308 e. The Hall–Kier alpha value is -1.36. The topological polar surface area (TPSA) is 57.6 Å². The van der Waals surface area contributed by atoms with Crippen molar-refractivity contribution in [3.8, 4) is 0 Å². The van der Waals surface area contributed by atoms with Crippen LogP contribution in [0.3, 0.4) is 0 Å². The van der Waals surface area contributed by atoms with Crippen molar-refractivity contribution >= 4 is 27.8 Å². The summed E-state index contributed by atoms with van der Waals surface area (Å²) in [5.74, 6) is -1.54. The molecule has 1 atom stereocenters. The van der Waals surface area contributed by atoms with Crippen molar-refractivity contribution in [1.82, 2.24) is 4.90 Å². The fourth-order valence-electron chi connectivity index (χ4n) is 1.53. The van der Waals surface area contributed by atoms with Gasteiger partial charge in [-0.05, 0) is 11.6 Å². The highest BCUT2D eigenvalue weighted by Gasteiger charge is 2.17. The molecule has 0 fully saturated rings. The lowest BCUT2D eigenvalue weighted by molar-refractivity contribution is -0.142. The second-order valence-electron chi connectivity index (χ2n) is 4.28. The van der Waals surface area contributed by atoms with Crippen LogP contribution in [0.5, 0.6) is 0 Å². The summed E-state index contributed by atoms with van der Waals surface area (Å²) in [6.07, 6.45) is 0.268. The number of carboxylic acids is 1. The number of aliphatic carboxylic acids is 1. The maximum atomic E-state index is 11.9. The summed E-state index contributed by atoms with van der Waals surface area (Å²) in [6, 6.07) is 7.50. The van der Waals surface area contributed by atoms with E-state index in [1.165, 1.54) is 4.90 Å². The Balaban J connectivity index is 2.61. The van der Waals surface area contributed by atoms with Crippen molar-refractivity contribution in [3.05, 3.63) is 34.3 Å². The second kappa shape index (κ2) is 6.54. The van der Waals surface area contributed by atoms with Gasteiger partial charge in [0.1, 0.15) is 0 Å². The van der Waals surface area contributed by atoms with Crippen LogP contribution in [0.2, 0.25) is 0 Å². The minimum atomic E-state index is -0.893. The Morgan fingerprint density at radius 1 is 1.39 bits per heavy atom. The predicted molar refractivity (Wildman–Crippen MR) is 72.3 cm³/mol. The second-order valence-corrected chi connectivity index (χ2v) is 5.14. The average Bonchev–Trinajstić information content (AvgIpc) is 2.31. The number of halogens is 1. The van der Waals surface area contributed by atoms with Crippen LogP contribution < -0.4 is 0 Å². The molecule has 1 aromatic carbocycles. The fourth-order valence-corrected chi connectivity index (χ4v) is 1.96. The molecule has 0 aliphatic rings. The number of rotatable bonds is 5. The van der Waals surface area contributed by atoms with E-state index in [1.54, 1.807) is 14.0 Å². The molecule has 4 nitrogen and oxygen atoms in total. The maximum absolute atomic E-state index is 11.9. The van der Waals surface area contributed by atoms with Crippen LogP contribution in [0.15, 0.2) is 28.7 Å². The molecule has 0 aliphatic carbocycles. The van der Waals surface area contributed by atoms with E-state index in [9.17, 15) is 9.59 Å². The van der Waals surface area contributed by atoms with E-state index < -0.39 is 11.9 Å². The van der Waals surface area contributed by atoms with Gasteiger partial charge in [0.15, 0.2) is 0 Å². The van der Waals surface area contributed by atoms with Crippen LogP contribution in [0.4, 0.5) is 0 Å². The number of carbonyl (C=O) groups is 2. The molecule has 1 aromatic rings. The molecule has 5 heteroatoms. The molecule has 0 aromatic heterocycles. The number of benzene rings is 1. The number of likely N-dealkylation sites (N-methyl/N-ethyl adjacent to an activating group) is 1. The molecule has 0 aliphatic heterocycles. The molecule has 0 heterocycles. The highest BCUT2D eigenvalue weighted by atomic mass is 79.9. The quantitative estimate of drug-likeness (QED) is 0.906. The van der Waals surface area contributed by atoms with Gasteiger partial charge in [-0.2, -0.15) is 0 Å². The van der Waals surface area contributed by atoms with Crippen LogP contribution >= 0.6 is 15.9 Å². The van der Waals surface area contributed by atoms with E-state index in [0.29, 0.717) is 0 Å². The Labute approximate surface area is 115 Å². The Kier molecular flexibility index (Phi) is 5.34. The van der Waals surface area contributed by atoms with Crippen molar-refractivity contribution in [3.63, 3.8) is 0 Å². The summed E-state index contributed by atoms with van der Waals surface area (Å²) in [4.78, 5) is 24.1. The van der Waals surface area contributed by atoms with Crippen molar-refractivity contribution in [2.45, 2.75) is 13.3 Å². The molecule has 1 N–H and O–H groups in total. The average molecular weight is 314 g/mol. The van der Waals surface area contributed by atoms with Gasteiger partial charge in [-0.1, -0.05) is 41.1 Å². The molecule has 98 valence electrons. The minimum absolute atomic E-state index is 0.0880. The first-order valence-electron chi connectivity index (χ1n) is 5.62. The standard InChI is InChI=1S/C13H16BrNO3/c1-9(13(17)18)8-15(2)12(16)7-10-5-3-4-6-11(10)14/h3-6,9H,7-8H2,1-2H3,(H,17,18). The highest BCUT2D eigenvalue weighted by molar-refractivity contribution is 9.10. The lowest BCUT2D eigenvalue weighted by Crippen LogP contribution is -2.34. The number of hydrogen-bond acceptors (Lipinski definition) is 2. The smallest absolute Gasteiger partial charge is 0.308 e. The van der Waals surface area contributed by atoms with Crippen LogP contribution in [0, 0.1) is 5.92 Å². The Morgan fingerprint density at radius 3 is 2.56 bits per heavy atom. The third-order valence-electron chi connectivity index (χ3n) is 2.69. The molecule has 0 radical (unpaired) electrons. The number of amides is 1. The molecule has 1 amide bonds. The SMILES string of the molecule is CC(CN(C)C(=O)Cc1ccccc1Br)C(=O)O. The number of carbonyl (C=O) groups excluding carboxylic acids is 1. The molecular formula is C13H16BrNO3. The van der Waals surface area contributed by atoms with Crippen molar-refractivity contribution in [2.75, 3.05) is 13.6 Å². The molecular weight excluding hydrogens is 298 g/mol. The van der Waals surface area contributed by atoms with Crippen molar-refractivity contribution in [1.29, 1.82) is 0 Å². The zero-order valence-corrected chi connectivity index (χ0v) is 12.0. The van der Waals surface area contributed by atoms with Gasteiger partial charge in [-0.3, -0.25) is 9.59 Å². The van der Waals surface area contributed by atoms with Crippen LogP contribution in [0.25, 0.3) is 0 Å². The first-order chi connectivity index (χ1) is 8.41. The lowest BCUT2D eigenvalue weighted by Gasteiger charge is -2.19. The van der Waals surface area contributed by atoms with Gasteiger partial charge < -0.3 is 10.0 Å². The van der Waals surface area contributed by atoms with E-state index in [0.717, 1.165) is 10.0 Å². The first-order valence-corrected chi connectivity index (χ1v) is 6.41. The number of hydrogen-bond donors (Lipinski definition) is 1. The summed E-state index contributed by atoms with van der Waals surface area (Å²) in [6.45, 7) is 1.81. The lowest BCUT2D eigenvalue weighted by atomic mass is 10.1. The molecule has 1 rings (SSSR count). The third kappa shape index (κ3) is 4.14. The molecule has 0 spiro atoms. The van der Waals surface area contributed by atoms with Crippen LogP contribution in [-0.4, -0.2) is 35.5 Å². The fraction of sp³-hybridized carbons (Fsp3) is 0.385. The van der Waals surface area contributed by atoms with E-state index in [1.807, 2.05) is 24.3 Å². The summed E-state index contributed by atoms with van der Waals surface area (Å²) in [5, 5.41) is 8.80. The summed E-state index contributed by atoms with van der Waals surface area (Å²) in [5.41, 5.74) is 0.900. The molecule has 0 bridgehead atoms. The van der Waals surface area contributed by atoms with E-state index in [2.05, 4.69) is 15.9 Å². The zero-order valence-electron chi connectivity index (χ0n) is 10.4. The third-order valence-corrected chi connectivity index (χ3v) is 3.47. The van der Waals surface area contributed by atoms with Gasteiger partial charge in [0.2, 0.25) is 5.91 Å². The van der Waals surface area contributed by atoms with Crippen molar-refractivity contribution in [2.24, 2.45) is 5.92 Å². The van der Waals surface area contributed by atoms with Crippen molar-refractivity contribution < 1.29 is 14.7 Å². The molecule has 0 saturated carbocycles. The van der Waals surface area contributed by atoms with Gasteiger partial charge >= 0.3 is 5.97 Å². The predicted octanol–water partition coefficient (Wildman–Crippen LogP) is 2.17. The first kappa shape index (κ1) is 14.7. The van der Waals surface area contributed by atoms with E-state index in [4.69, 9.17) is 5.11 Å². The molecule has 18 heavy (non-hydrogen) atoms. The summed E-state index contributed by atoms with van der Waals surface area (Å²) in [7, 11) is 1.62. The summed E-state index contributed by atoms with van der Waals surface area (Å²) >= 11 is 3.38. The summed E-state index contributed by atoms with van der Waals surface area (Å²) < 4.78 is 0.887. The van der Waals surface area contributed by atoms with Gasteiger partial charge in [0.25, 0.3) is 0 Å². The van der Waals surface area contributed by atoms with Gasteiger partial charge in [0, 0.05) is 18.1 Å². The Morgan fingerprint density at radius 2 is 2.00 bits per heavy atom.